The Morgan fingerprint density at radius 1 is 1.21 bits per heavy atom. The predicted octanol–water partition coefficient (Wildman–Crippen LogP) is 5.92. The number of thiophene rings is 1. The van der Waals surface area contributed by atoms with Gasteiger partial charge in [-0.05, 0) is 55.9 Å². The monoisotopic (exact) mass is 548 g/mol. The molecular formula is C26H27F3N4O4S. The highest BCUT2D eigenvalue weighted by molar-refractivity contribution is 7.17. The number of rotatable bonds is 6. The van der Waals surface area contributed by atoms with Gasteiger partial charge in [-0.2, -0.15) is 18.3 Å². The van der Waals surface area contributed by atoms with E-state index in [1.165, 1.54) is 24.5 Å². The Hall–Kier alpha value is -3.54. The van der Waals surface area contributed by atoms with Crippen LogP contribution in [0, 0.1) is 0 Å². The van der Waals surface area contributed by atoms with E-state index in [-0.39, 0.29) is 24.5 Å². The minimum atomic E-state index is -4.58. The summed E-state index contributed by atoms with van der Waals surface area (Å²) in [5.41, 5.74) is 1.68. The van der Waals surface area contributed by atoms with Crippen molar-refractivity contribution >= 4 is 34.0 Å². The molecule has 202 valence electrons. The maximum Gasteiger partial charge on any atom is 0.410 e. The molecule has 2 aliphatic rings. The van der Waals surface area contributed by atoms with Crippen LogP contribution in [0.1, 0.15) is 75.1 Å². The molecule has 1 aliphatic heterocycles. The number of methoxy groups -OCH3 is 1. The highest BCUT2D eigenvalue weighted by atomic mass is 32.1. The largest absolute Gasteiger partial charge is 0.497 e. The van der Waals surface area contributed by atoms with Crippen LogP contribution >= 0.6 is 11.3 Å². The van der Waals surface area contributed by atoms with Crippen molar-refractivity contribution in [1.82, 2.24) is 9.78 Å². The van der Waals surface area contributed by atoms with Crippen molar-refractivity contribution in [1.29, 1.82) is 0 Å². The summed E-state index contributed by atoms with van der Waals surface area (Å²) >= 11 is 1.31. The van der Waals surface area contributed by atoms with Crippen molar-refractivity contribution in [3.63, 3.8) is 0 Å². The van der Waals surface area contributed by atoms with Gasteiger partial charge in [-0.15, -0.1) is 11.3 Å². The summed E-state index contributed by atoms with van der Waals surface area (Å²) in [6.45, 7) is 1.89. The van der Waals surface area contributed by atoms with Crippen LogP contribution in [0.2, 0.25) is 0 Å². The first-order chi connectivity index (χ1) is 18.2. The number of benzene rings is 1. The normalized spacial score (nSPS) is 18.7. The summed E-state index contributed by atoms with van der Waals surface area (Å²) in [5, 5.41) is 10.2. The molecule has 38 heavy (non-hydrogen) atoms. The number of hydrogen-bond acceptors (Lipinski definition) is 7. The van der Waals surface area contributed by atoms with E-state index in [1.54, 1.807) is 31.2 Å². The fraction of sp³-hybridized carbons (Fsp3) is 0.423. The average molecular weight is 549 g/mol. The Bertz CT molecular complexity index is 1350. The number of nitrogens with one attached hydrogen (secondary N) is 2. The van der Waals surface area contributed by atoms with Crippen LogP contribution in [-0.4, -0.2) is 41.5 Å². The van der Waals surface area contributed by atoms with Crippen LogP contribution < -0.4 is 15.4 Å². The first-order valence-electron chi connectivity index (χ1n) is 12.4. The average Bonchev–Trinajstić information content (AvgIpc) is 3.49. The molecule has 3 aromatic rings. The lowest BCUT2D eigenvalue weighted by molar-refractivity contribution is -0.173. The molecule has 2 N–H and O–H groups in total. The second kappa shape index (κ2) is 10.3. The van der Waals surface area contributed by atoms with Gasteiger partial charge in [-0.25, -0.2) is 9.48 Å². The minimum absolute atomic E-state index is 0.0839. The van der Waals surface area contributed by atoms with Gasteiger partial charge in [0.05, 0.1) is 25.3 Å². The van der Waals surface area contributed by atoms with Crippen molar-refractivity contribution in [2.45, 2.75) is 57.3 Å². The molecule has 0 bridgehead atoms. The zero-order valence-electron chi connectivity index (χ0n) is 20.9. The van der Waals surface area contributed by atoms with E-state index in [0.717, 1.165) is 34.4 Å². The number of carbonyl (C=O) groups excluding carboxylic acids is 2. The summed E-state index contributed by atoms with van der Waals surface area (Å²) in [6, 6.07) is 5.53. The second-order valence-corrected chi connectivity index (χ2v) is 10.3. The maximum atomic E-state index is 14.1. The molecule has 2 atom stereocenters. The van der Waals surface area contributed by atoms with E-state index in [0.29, 0.717) is 28.3 Å². The highest BCUT2D eigenvalue weighted by Crippen LogP contribution is 2.44. The van der Waals surface area contributed by atoms with Crippen molar-refractivity contribution < 1.29 is 32.2 Å². The van der Waals surface area contributed by atoms with E-state index in [2.05, 4.69) is 15.7 Å². The number of alkyl halides is 3. The Morgan fingerprint density at radius 2 is 1.95 bits per heavy atom. The number of hydrogen-bond donors (Lipinski definition) is 2. The van der Waals surface area contributed by atoms with E-state index in [1.807, 2.05) is 0 Å². The van der Waals surface area contributed by atoms with Gasteiger partial charge in [0.15, 0.2) is 11.7 Å². The molecule has 12 heteroatoms. The summed E-state index contributed by atoms with van der Waals surface area (Å²) in [5.74, 6) is -0.536. The zero-order chi connectivity index (χ0) is 27.0. The van der Waals surface area contributed by atoms with Crippen molar-refractivity contribution in [2.75, 3.05) is 24.4 Å². The van der Waals surface area contributed by atoms with Crippen LogP contribution in [-0.2, 0) is 17.6 Å². The number of nitrogens with zero attached hydrogens (tertiary/aromatic N) is 2. The number of anilines is 2. The molecule has 1 aromatic carbocycles. The number of aryl methyl sites for hydroxylation is 1. The topological polar surface area (TPSA) is 94.5 Å². The van der Waals surface area contributed by atoms with Crippen LogP contribution in [0.15, 0.2) is 30.3 Å². The van der Waals surface area contributed by atoms with Crippen LogP contribution in [0.25, 0.3) is 0 Å². The summed E-state index contributed by atoms with van der Waals surface area (Å²) < 4.78 is 53.4. The van der Waals surface area contributed by atoms with Gasteiger partial charge in [0.25, 0.3) is 5.91 Å². The first kappa shape index (κ1) is 26.1. The van der Waals surface area contributed by atoms with Gasteiger partial charge in [-0.3, -0.25) is 4.79 Å². The molecule has 0 fully saturated rings. The number of fused-ring (bicyclic) bond motifs is 2. The first-order valence-corrected chi connectivity index (χ1v) is 13.2. The SMILES string of the molecule is CCOC(=O)c1c(NC(=O)c2cc3n(n2)[C@H](C(F)(F)F)C[C@H](c2ccc(OC)cc2)N3)sc2c1CCCC2. The molecule has 5 rings (SSSR count). The van der Waals surface area contributed by atoms with E-state index < -0.39 is 30.1 Å². The summed E-state index contributed by atoms with van der Waals surface area (Å²) in [7, 11) is 1.51. The van der Waals surface area contributed by atoms with Gasteiger partial charge in [0.1, 0.15) is 16.6 Å². The summed E-state index contributed by atoms with van der Waals surface area (Å²) in [4.78, 5) is 26.9. The smallest absolute Gasteiger partial charge is 0.410 e. The quantitative estimate of drug-likeness (QED) is 0.372. The van der Waals surface area contributed by atoms with Gasteiger partial charge in [0.2, 0.25) is 0 Å². The standard InChI is InChI=1S/C26H27F3N4O4S/c1-3-37-25(35)22-16-6-4-5-7-19(16)38-24(22)31-23(34)18-13-21-30-17(14-8-10-15(36-2)11-9-14)12-20(26(27,28)29)33(21)32-18/h8-11,13,17,20,30H,3-7,12H2,1-2H3,(H,31,34)/t17-,20+/m1/s1. The molecule has 0 saturated carbocycles. The van der Waals surface area contributed by atoms with Crippen LogP contribution in [0.5, 0.6) is 5.75 Å². The minimum Gasteiger partial charge on any atom is -0.497 e. The molecule has 1 aliphatic carbocycles. The van der Waals surface area contributed by atoms with Gasteiger partial charge in [-0.1, -0.05) is 12.1 Å². The molecule has 0 saturated heterocycles. The van der Waals surface area contributed by atoms with Crippen LogP contribution in [0.3, 0.4) is 0 Å². The predicted molar refractivity (Wildman–Crippen MR) is 136 cm³/mol. The molecule has 0 unspecified atom stereocenters. The van der Waals surface area contributed by atoms with Crippen LogP contribution in [0.4, 0.5) is 24.0 Å². The maximum absolute atomic E-state index is 14.1. The number of halogens is 3. The lowest BCUT2D eigenvalue weighted by Crippen LogP contribution is -2.35. The van der Waals surface area contributed by atoms with E-state index in [4.69, 9.17) is 9.47 Å². The molecule has 0 radical (unpaired) electrons. The van der Waals surface area contributed by atoms with E-state index in [9.17, 15) is 22.8 Å². The Labute approximate surface area is 221 Å². The van der Waals surface area contributed by atoms with E-state index >= 15 is 0 Å². The molecule has 0 spiro atoms. The number of ether oxygens (including phenoxy) is 2. The third-order valence-electron chi connectivity index (χ3n) is 6.82. The summed E-state index contributed by atoms with van der Waals surface area (Å²) in [6.07, 6.45) is -1.46. The molecular weight excluding hydrogens is 521 g/mol. The van der Waals surface area contributed by atoms with Gasteiger partial charge < -0.3 is 20.1 Å². The number of amides is 1. The fourth-order valence-electron chi connectivity index (χ4n) is 4.98. The lowest BCUT2D eigenvalue weighted by Gasteiger charge is -2.33. The van der Waals surface area contributed by atoms with Crippen molar-refractivity contribution in [3.8, 4) is 5.75 Å². The zero-order valence-corrected chi connectivity index (χ0v) is 21.7. The highest BCUT2D eigenvalue weighted by Gasteiger charge is 2.47. The Morgan fingerprint density at radius 3 is 2.63 bits per heavy atom. The third kappa shape index (κ3) is 4.96. The second-order valence-electron chi connectivity index (χ2n) is 9.21. The molecule has 3 heterocycles. The number of carbonyl (C=O) groups is 2. The van der Waals surface area contributed by atoms with Crippen molar-refractivity contribution in [3.05, 3.63) is 57.6 Å². The Kier molecular flexibility index (Phi) is 7.08. The molecule has 1 amide bonds. The van der Waals surface area contributed by atoms with Crippen molar-refractivity contribution in [2.24, 2.45) is 0 Å². The number of aromatic nitrogens is 2. The molecule has 2 aromatic heterocycles. The Balaban J connectivity index is 1.44. The van der Waals surface area contributed by atoms with Gasteiger partial charge >= 0.3 is 12.1 Å². The fourth-order valence-corrected chi connectivity index (χ4v) is 6.25. The number of esters is 1. The lowest BCUT2D eigenvalue weighted by atomic mass is 9.95. The molecule has 8 nitrogen and oxygen atoms in total. The third-order valence-corrected chi connectivity index (χ3v) is 8.03. The van der Waals surface area contributed by atoms with Gasteiger partial charge in [0, 0.05) is 17.4 Å².